The molecule has 1 atom stereocenters. The summed E-state index contributed by atoms with van der Waals surface area (Å²) < 4.78 is 5.21. The molecular weight excluding hydrogens is 276 g/mol. The van der Waals surface area contributed by atoms with E-state index in [1.54, 1.807) is 18.4 Å². The van der Waals surface area contributed by atoms with Gasteiger partial charge < -0.3 is 14.8 Å². The van der Waals surface area contributed by atoms with Gasteiger partial charge in [-0.25, -0.2) is 4.79 Å². The van der Waals surface area contributed by atoms with E-state index in [1.807, 2.05) is 6.92 Å². The van der Waals surface area contributed by atoms with Crippen LogP contribution in [0.1, 0.15) is 23.0 Å². The van der Waals surface area contributed by atoms with Crippen molar-refractivity contribution in [3.8, 4) is 0 Å². The topological polar surface area (TPSA) is 106 Å². The molecule has 7 heteroatoms. The predicted octanol–water partition coefficient (Wildman–Crippen LogP) is 2.93. The van der Waals surface area contributed by atoms with Gasteiger partial charge in [-0.05, 0) is 31.2 Å². The van der Waals surface area contributed by atoms with E-state index in [0.29, 0.717) is 6.42 Å². The van der Waals surface area contributed by atoms with E-state index < -0.39 is 16.6 Å². The Bertz CT molecular complexity index is 651. The molecule has 0 bridgehead atoms. The van der Waals surface area contributed by atoms with Crippen LogP contribution in [0, 0.1) is 10.1 Å². The van der Waals surface area contributed by atoms with Crippen LogP contribution >= 0.6 is 0 Å². The average Bonchev–Trinajstić information content (AvgIpc) is 2.90. The van der Waals surface area contributed by atoms with Crippen LogP contribution in [0.3, 0.4) is 0 Å². The second kappa shape index (κ2) is 6.08. The largest absolute Gasteiger partial charge is 0.477 e. The van der Waals surface area contributed by atoms with Crippen molar-refractivity contribution in [3.05, 3.63) is 58.0 Å². The summed E-state index contributed by atoms with van der Waals surface area (Å²) in [4.78, 5) is 21.5. The number of nitro benzene ring substituents is 1. The smallest absolute Gasteiger partial charge is 0.342 e. The molecule has 0 aliphatic heterocycles. The summed E-state index contributed by atoms with van der Waals surface area (Å²) in [5, 5.41) is 23.1. The summed E-state index contributed by atoms with van der Waals surface area (Å²) in [7, 11) is 0. The van der Waals surface area contributed by atoms with E-state index in [2.05, 4.69) is 5.32 Å². The van der Waals surface area contributed by atoms with Crippen molar-refractivity contribution >= 4 is 17.3 Å². The second-order valence-electron chi connectivity index (χ2n) is 4.59. The monoisotopic (exact) mass is 290 g/mol. The minimum absolute atomic E-state index is 0.154. The number of nitrogens with one attached hydrogen (secondary N) is 1. The number of carbonyl (C=O) groups is 1. The zero-order valence-electron chi connectivity index (χ0n) is 11.3. The van der Waals surface area contributed by atoms with Crippen molar-refractivity contribution in [1.82, 2.24) is 0 Å². The zero-order chi connectivity index (χ0) is 15.4. The highest BCUT2D eigenvalue weighted by molar-refractivity contribution is 5.95. The Morgan fingerprint density at radius 1 is 1.43 bits per heavy atom. The fraction of sp³-hybridized carbons (Fsp3) is 0.214. The molecule has 0 aliphatic rings. The van der Waals surface area contributed by atoms with Crippen LogP contribution in [0.25, 0.3) is 0 Å². The summed E-state index contributed by atoms with van der Waals surface area (Å²) in [6.45, 7) is 1.83. The highest BCUT2D eigenvalue weighted by atomic mass is 16.6. The lowest BCUT2D eigenvalue weighted by molar-refractivity contribution is -0.384. The lowest BCUT2D eigenvalue weighted by Gasteiger charge is -2.14. The van der Waals surface area contributed by atoms with Gasteiger partial charge in [0.05, 0.1) is 11.2 Å². The third kappa shape index (κ3) is 3.38. The third-order valence-corrected chi connectivity index (χ3v) is 2.94. The number of para-hydroxylation sites is 1. The minimum Gasteiger partial charge on any atom is -0.477 e. The van der Waals surface area contributed by atoms with Crippen molar-refractivity contribution in [1.29, 1.82) is 0 Å². The maximum atomic E-state index is 11.1. The molecule has 0 saturated carbocycles. The van der Waals surface area contributed by atoms with Gasteiger partial charge in [0.2, 0.25) is 0 Å². The van der Waals surface area contributed by atoms with Gasteiger partial charge in [0.25, 0.3) is 0 Å². The Balaban J connectivity index is 2.25. The van der Waals surface area contributed by atoms with E-state index >= 15 is 0 Å². The summed E-state index contributed by atoms with van der Waals surface area (Å²) in [6, 6.07) is 7.58. The number of carboxylic acids is 1. The molecule has 0 radical (unpaired) electrons. The van der Waals surface area contributed by atoms with Crippen molar-refractivity contribution in [2.24, 2.45) is 0 Å². The molecule has 2 rings (SSSR count). The number of rotatable bonds is 6. The maximum absolute atomic E-state index is 11.1. The van der Waals surface area contributed by atoms with Crippen molar-refractivity contribution in [2.45, 2.75) is 19.4 Å². The lowest BCUT2D eigenvalue weighted by atomic mass is 10.1. The van der Waals surface area contributed by atoms with E-state index in [9.17, 15) is 14.9 Å². The first-order chi connectivity index (χ1) is 9.99. The summed E-state index contributed by atoms with van der Waals surface area (Å²) in [5.41, 5.74) is -0.592. The van der Waals surface area contributed by atoms with Crippen LogP contribution in [-0.4, -0.2) is 22.0 Å². The number of hydrogen-bond donors (Lipinski definition) is 2. The summed E-state index contributed by atoms with van der Waals surface area (Å²) in [6.07, 6.45) is 2.08. The van der Waals surface area contributed by atoms with Gasteiger partial charge in [0, 0.05) is 12.5 Å². The van der Waals surface area contributed by atoms with Crippen LogP contribution < -0.4 is 5.32 Å². The Kier molecular flexibility index (Phi) is 4.22. The number of nitro groups is 1. The third-order valence-electron chi connectivity index (χ3n) is 2.94. The minimum atomic E-state index is -1.33. The van der Waals surface area contributed by atoms with Gasteiger partial charge in [-0.2, -0.15) is 0 Å². The maximum Gasteiger partial charge on any atom is 0.342 e. The van der Waals surface area contributed by atoms with Crippen molar-refractivity contribution in [2.75, 3.05) is 5.32 Å². The van der Waals surface area contributed by atoms with Crippen LogP contribution in [0.2, 0.25) is 0 Å². The van der Waals surface area contributed by atoms with E-state index in [4.69, 9.17) is 9.52 Å². The normalized spacial score (nSPS) is 11.9. The molecule has 0 spiro atoms. The van der Waals surface area contributed by atoms with E-state index in [1.165, 1.54) is 18.2 Å². The van der Waals surface area contributed by atoms with E-state index in [-0.39, 0.29) is 17.3 Å². The Labute approximate surface area is 120 Å². The highest BCUT2D eigenvalue weighted by Gasteiger charge is 2.24. The molecule has 1 aromatic carbocycles. The van der Waals surface area contributed by atoms with E-state index in [0.717, 1.165) is 5.76 Å². The number of aromatic carboxylic acids is 1. The number of furan rings is 1. The standard InChI is InChI=1S/C14H14N2O5/c1-9(8-10-4-3-7-21-10)15-12-6-2-5-11(14(17)18)13(12)16(19)20/h2-7,9,15H,8H2,1H3,(H,17,18). The van der Waals surface area contributed by atoms with Crippen LogP contribution in [-0.2, 0) is 6.42 Å². The molecule has 1 unspecified atom stereocenters. The van der Waals surface area contributed by atoms with Gasteiger partial charge in [-0.1, -0.05) is 6.07 Å². The number of benzene rings is 1. The molecule has 21 heavy (non-hydrogen) atoms. The molecule has 2 aromatic rings. The highest BCUT2D eigenvalue weighted by Crippen LogP contribution is 2.29. The van der Waals surface area contributed by atoms with Gasteiger partial charge in [0.1, 0.15) is 17.0 Å². The molecular formula is C14H14N2O5. The molecule has 2 N–H and O–H groups in total. The zero-order valence-corrected chi connectivity index (χ0v) is 11.3. The SMILES string of the molecule is CC(Cc1ccco1)Nc1cccc(C(=O)O)c1[N+](=O)[O-]. The Morgan fingerprint density at radius 3 is 2.76 bits per heavy atom. The van der Waals surface area contributed by atoms with Crippen LogP contribution in [0.15, 0.2) is 41.0 Å². The van der Waals surface area contributed by atoms with Gasteiger partial charge in [-0.15, -0.1) is 0 Å². The average molecular weight is 290 g/mol. The lowest BCUT2D eigenvalue weighted by Crippen LogP contribution is -2.19. The van der Waals surface area contributed by atoms with Crippen molar-refractivity contribution in [3.63, 3.8) is 0 Å². The number of hydrogen-bond acceptors (Lipinski definition) is 5. The molecule has 0 aliphatic carbocycles. The summed E-state index contributed by atoms with van der Waals surface area (Å²) >= 11 is 0. The number of anilines is 1. The fourth-order valence-corrected chi connectivity index (χ4v) is 2.08. The van der Waals surface area contributed by atoms with Gasteiger partial charge >= 0.3 is 11.7 Å². The molecule has 7 nitrogen and oxygen atoms in total. The summed E-state index contributed by atoms with van der Waals surface area (Å²) in [5.74, 6) is -0.587. The molecule has 0 amide bonds. The molecule has 1 aromatic heterocycles. The molecule has 110 valence electrons. The predicted molar refractivity (Wildman–Crippen MR) is 75.6 cm³/mol. The first kappa shape index (κ1) is 14.6. The Morgan fingerprint density at radius 2 is 2.19 bits per heavy atom. The first-order valence-electron chi connectivity index (χ1n) is 6.28. The molecule has 0 fully saturated rings. The quantitative estimate of drug-likeness (QED) is 0.626. The van der Waals surface area contributed by atoms with Crippen LogP contribution in [0.5, 0.6) is 0 Å². The number of carboxylic acid groups (broad SMARTS) is 1. The first-order valence-corrected chi connectivity index (χ1v) is 6.28. The second-order valence-corrected chi connectivity index (χ2v) is 4.59. The van der Waals surface area contributed by atoms with Gasteiger partial charge in [-0.3, -0.25) is 10.1 Å². The molecule has 0 saturated heterocycles. The fourth-order valence-electron chi connectivity index (χ4n) is 2.08. The number of nitrogens with zero attached hydrogens (tertiary/aromatic N) is 1. The Hall–Kier alpha value is -2.83. The molecule has 1 heterocycles. The van der Waals surface area contributed by atoms with Gasteiger partial charge in [0.15, 0.2) is 0 Å². The van der Waals surface area contributed by atoms with Crippen molar-refractivity contribution < 1.29 is 19.2 Å². The van der Waals surface area contributed by atoms with Crippen LogP contribution in [0.4, 0.5) is 11.4 Å².